The maximum absolute atomic E-state index is 11.7. The highest BCUT2D eigenvalue weighted by Crippen LogP contribution is 2.14. The molecule has 0 aliphatic carbocycles. The fourth-order valence-corrected chi connectivity index (χ4v) is 2.64. The molecule has 3 nitrogen and oxygen atoms in total. The summed E-state index contributed by atoms with van der Waals surface area (Å²) < 4.78 is 1.00. The molecule has 1 aromatic heterocycles. The lowest BCUT2D eigenvalue weighted by Crippen LogP contribution is -2.14. The third-order valence-electron chi connectivity index (χ3n) is 2.59. The Bertz CT molecular complexity index is 546. The van der Waals surface area contributed by atoms with Crippen molar-refractivity contribution < 1.29 is 4.79 Å². The molecule has 0 unspecified atom stereocenters. The van der Waals surface area contributed by atoms with E-state index in [0.29, 0.717) is 5.75 Å². The molecule has 0 fully saturated rings. The molecule has 1 heterocycles. The van der Waals surface area contributed by atoms with Crippen LogP contribution in [0.2, 0.25) is 0 Å². The molecule has 0 bridgehead atoms. The monoisotopic (exact) mass is 350 g/mol. The topological polar surface area (TPSA) is 42.0 Å². The number of halogens is 1. The van der Waals surface area contributed by atoms with Gasteiger partial charge < -0.3 is 5.32 Å². The van der Waals surface area contributed by atoms with Gasteiger partial charge in [-0.25, -0.2) is 0 Å². The standard InChI is InChI=1S/C15H15BrN2OS/c16-12-4-6-14(7-5-12)18-15(19)11-20-10-8-13-3-1-2-9-17-13/h1-7,9H,8,10-11H2,(H,18,19). The Morgan fingerprint density at radius 1 is 1.20 bits per heavy atom. The van der Waals surface area contributed by atoms with Crippen LogP contribution in [0.3, 0.4) is 0 Å². The molecule has 0 radical (unpaired) electrons. The van der Waals surface area contributed by atoms with Crippen molar-refractivity contribution in [2.45, 2.75) is 6.42 Å². The molecule has 0 saturated heterocycles. The maximum atomic E-state index is 11.7. The molecular weight excluding hydrogens is 336 g/mol. The van der Waals surface area contributed by atoms with Gasteiger partial charge in [-0.3, -0.25) is 9.78 Å². The molecule has 5 heteroatoms. The van der Waals surface area contributed by atoms with Crippen LogP contribution in [-0.2, 0) is 11.2 Å². The minimum absolute atomic E-state index is 0.0262. The summed E-state index contributed by atoms with van der Waals surface area (Å²) in [6.07, 6.45) is 2.68. The molecule has 0 spiro atoms. The maximum Gasteiger partial charge on any atom is 0.234 e. The normalized spacial score (nSPS) is 10.2. The lowest BCUT2D eigenvalue weighted by molar-refractivity contribution is -0.113. The zero-order valence-electron chi connectivity index (χ0n) is 10.9. The Morgan fingerprint density at radius 3 is 2.70 bits per heavy atom. The van der Waals surface area contributed by atoms with Crippen molar-refractivity contribution in [2.75, 3.05) is 16.8 Å². The van der Waals surface area contributed by atoms with E-state index < -0.39 is 0 Å². The number of hydrogen-bond donors (Lipinski definition) is 1. The number of rotatable bonds is 6. The van der Waals surface area contributed by atoms with Gasteiger partial charge in [-0.05, 0) is 48.6 Å². The number of pyridine rings is 1. The van der Waals surface area contributed by atoms with Crippen LogP contribution in [-0.4, -0.2) is 22.4 Å². The summed E-state index contributed by atoms with van der Waals surface area (Å²) in [5.74, 6) is 1.38. The predicted octanol–water partition coefficient (Wildman–Crippen LogP) is 3.76. The third-order valence-corrected chi connectivity index (χ3v) is 4.08. The van der Waals surface area contributed by atoms with E-state index in [1.165, 1.54) is 0 Å². The molecule has 104 valence electrons. The molecule has 1 amide bonds. The van der Waals surface area contributed by atoms with Gasteiger partial charge in [0.15, 0.2) is 0 Å². The summed E-state index contributed by atoms with van der Waals surface area (Å²) in [6.45, 7) is 0. The van der Waals surface area contributed by atoms with E-state index in [2.05, 4.69) is 26.2 Å². The summed E-state index contributed by atoms with van der Waals surface area (Å²) in [4.78, 5) is 16.0. The largest absolute Gasteiger partial charge is 0.325 e. The van der Waals surface area contributed by atoms with Crippen molar-refractivity contribution >= 4 is 39.3 Å². The number of amides is 1. The van der Waals surface area contributed by atoms with Gasteiger partial charge >= 0.3 is 0 Å². The van der Waals surface area contributed by atoms with Crippen LogP contribution in [0, 0.1) is 0 Å². The Hall–Kier alpha value is -1.33. The van der Waals surface area contributed by atoms with Gasteiger partial charge in [0.2, 0.25) is 5.91 Å². The molecule has 0 aliphatic heterocycles. The molecule has 2 rings (SSSR count). The van der Waals surface area contributed by atoms with E-state index in [9.17, 15) is 4.79 Å². The number of aryl methyl sites for hydroxylation is 1. The lowest BCUT2D eigenvalue weighted by atomic mass is 10.3. The number of carbonyl (C=O) groups excluding carboxylic acids is 1. The second-order valence-electron chi connectivity index (χ2n) is 4.18. The number of anilines is 1. The SMILES string of the molecule is O=C(CSCCc1ccccn1)Nc1ccc(Br)cc1. The van der Waals surface area contributed by atoms with Crippen molar-refractivity contribution in [3.05, 3.63) is 58.8 Å². The number of aromatic nitrogens is 1. The van der Waals surface area contributed by atoms with Crippen LogP contribution in [0.25, 0.3) is 0 Å². The smallest absolute Gasteiger partial charge is 0.234 e. The second kappa shape index (κ2) is 8.07. The van der Waals surface area contributed by atoms with E-state index in [0.717, 1.165) is 28.0 Å². The van der Waals surface area contributed by atoms with Gasteiger partial charge in [0.25, 0.3) is 0 Å². The van der Waals surface area contributed by atoms with Crippen molar-refractivity contribution in [2.24, 2.45) is 0 Å². The fourth-order valence-electron chi connectivity index (χ4n) is 1.62. The number of carbonyl (C=O) groups is 1. The minimum atomic E-state index is 0.0262. The van der Waals surface area contributed by atoms with Crippen LogP contribution >= 0.6 is 27.7 Å². The Kier molecular flexibility index (Phi) is 6.08. The minimum Gasteiger partial charge on any atom is -0.325 e. The van der Waals surface area contributed by atoms with Crippen molar-refractivity contribution in [3.8, 4) is 0 Å². The summed E-state index contributed by atoms with van der Waals surface area (Å²) in [6, 6.07) is 13.5. The Balaban J connectivity index is 1.66. The molecule has 0 saturated carbocycles. The number of thioether (sulfide) groups is 1. The van der Waals surface area contributed by atoms with Gasteiger partial charge in [-0.15, -0.1) is 0 Å². The fraction of sp³-hybridized carbons (Fsp3) is 0.200. The molecule has 0 aliphatic rings. The van der Waals surface area contributed by atoms with E-state index in [4.69, 9.17) is 0 Å². The van der Waals surface area contributed by atoms with E-state index >= 15 is 0 Å². The first-order chi connectivity index (χ1) is 9.74. The van der Waals surface area contributed by atoms with Crippen LogP contribution in [0.5, 0.6) is 0 Å². The van der Waals surface area contributed by atoms with Gasteiger partial charge in [-0.1, -0.05) is 22.0 Å². The lowest BCUT2D eigenvalue weighted by Gasteiger charge is -2.05. The average molecular weight is 351 g/mol. The average Bonchev–Trinajstić information content (AvgIpc) is 2.47. The summed E-state index contributed by atoms with van der Waals surface area (Å²) in [5.41, 5.74) is 1.89. The van der Waals surface area contributed by atoms with Crippen LogP contribution < -0.4 is 5.32 Å². The van der Waals surface area contributed by atoms with Crippen molar-refractivity contribution in [1.29, 1.82) is 0 Å². The Labute approximate surface area is 131 Å². The second-order valence-corrected chi connectivity index (χ2v) is 6.20. The highest BCUT2D eigenvalue weighted by Gasteiger charge is 2.03. The molecule has 20 heavy (non-hydrogen) atoms. The zero-order valence-corrected chi connectivity index (χ0v) is 13.3. The van der Waals surface area contributed by atoms with Gasteiger partial charge in [0.1, 0.15) is 0 Å². The van der Waals surface area contributed by atoms with Gasteiger partial charge in [0, 0.05) is 22.1 Å². The summed E-state index contributed by atoms with van der Waals surface area (Å²) in [5, 5.41) is 2.87. The number of nitrogens with one attached hydrogen (secondary N) is 1. The zero-order chi connectivity index (χ0) is 14.2. The van der Waals surface area contributed by atoms with Crippen LogP contribution in [0.4, 0.5) is 5.69 Å². The molecule has 0 atom stereocenters. The van der Waals surface area contributed by atoms with E-state index in [1.54, 1.807) is 18.0 Å². The molecular formula is C15H15BrN2OS. The number of nitrogens with zero attached hydrogens (tertiary/aromatic N) is 1. The van der Waals surface area contributed by atoms with Crippen LogP contribution in [0.1, 0.15) is 5.69 Å². The number of hydrogen-bond acceptors (Lipinski definition) is 3. The first-order valence-electron chi connectivity index (χ1n) is 6.27. The summed E-state index contributed by atoms with van der Waals surface area (Å²) in [7, 11) is 0. The molecule has 1 N–H and O–H groups in total. The number of benzene rings is 1. The predicted molar refractivity (Wildman–Crippen MR) is 88.0 cm³/mol. The van der Waals surface area contributed by atoms with Gasteiger partial charge in [-0.2, -0.15) is 11.8 Å². The van der Waals surface area contributed by atoms with Gasteiger partial charge in [0.05, 0.1) is 5.75 Å². The quantitative estimate of drug-likeness (QED) is 0.806. The first-order valence-corrected chi connectivity index (χ1v) is 8.22. The van der Waals surface area contributed by atoms with Crippen molar-refractivity contribution in [3.63, 3.8) is 0 Å². The third kappa shape index (κ3) is 5.35. The van der Waals surface area contributed by atoms with Crippen molar-refractivity contribution in [1.82, 2.24) is 4.98 Å². The molecule has 2 aromatic rings. The first kappa shape index (κ1) is 15.1. The van der Waals surface area contributed by atoms with E-state index in [-0.39, 0.29) is 5.91 Å². The molecule has 1 aromatic carbocycles. The summed E-state index contributed by atoms with van der Waals surface area (Å²) >= 11 is 4.98. The highest BCUT2D eigenvalue weighted by molar-refractivity contribution is 9.10. The van der Waals surface area contributed by atoms with E-state index in [1.807, 2.05) is 42.5 Å². The highest BCUT2D eigenvalue weighted by atomic mass is 79.9. The van der Waals surface area contributed by atoms with Crippen LogP contribution in [0.15, 0.2) is 53.1 Å². The Morgan fingerprint density at radius 2 is 2.00 bits per heavy atom.